The van der Waals surface area contributed by atoms with Gasteiger partial charge in [-0.15, -0.1) is 0 Å². The number of carbonyl (C=O) groups is 1. The maximum Gasteiger partial charge on any atom is 0.191 e. The summed E-state index contributed by atoms with van der Waals surface area (Å²) in [6.45, 7) is 6.69. The minimum Gasteiger partial charge on any atom is -0.490 e. The number of ether oxygens (including phenoxy) is 2. The highest BCUT2D eigenvalue weighted by Crippen LogP contribution is 2.32. The van der Waals surface area contributed by atoms with Crippen LogP contribution in [0, 0.1) is 5.41 Å². The smallest absolute Gasteiger partial charge is 0.191 e. The molecule has 1 heterocycles. The summed E-state index contributed by atoms with van der Waals surface area (Å²) in [7, 11) is 0. The van der Waals surface area contributed by atoms with Gasteiger partial charge in [-0.2, -0.15) is 0 Å². The summed E-state index contributed by atoms with van der Waals surface area (Å²) in [5, 5.41) is 10.0. The van der Waals surface area contributed by atoms with Crippen molar-refractivity contribution in [2.24, 2.45) is 5.41 Å². The lowest BCUT2D eigenvalue weighted by atomic mass is 9.84. The maximum atomic E-state index is 12.2. The van der Waals surface area contributed by atoms with Crippen molar-refractivity contribution in [1.82, 2.24) is 0 Å². The van der Waals surface area contributed by atoms with Gasteiger partial charge in [0, 0.05) is 12.0 Å². The summed E-state index contributed by atoms with van der Waals surface area (Å²) in [6.07, 6.45) is -0.208. The molecule has 0 spiro atoms. The fourth-order valence-corrected chi connectivity index (χ4v) is 1.87. The first-order valence-corrected chi connectivity index (χ1v) is 6.51. The Bertz CT molecular complexity index is 474. The van der Waals surface area contributed by atoms with Gasteiger partial charge in [0.2, 0.25) is 0 Å². The third-order valence-corrected chi connectivity index (χ3v) is 3.10. The summed E-state index contributed by atoms with van der Waals surface area (Å²) in [4.78, 5) is 12.2. The maximum absolute atomic E-state index is 12.2. The van der Waals surface area contributed by atoms with Gasteiger partial charge >= 0.3 is 0 Å². The van der Waals surface area contributed by atoms with E-state index in [2.05, 4.69) is 0 Å². The minimum atomic E-state index is -1.03. The van der Waals surface area contributed by atoms with Crippen LogP contribution in [0.4, 0.5) is 0 Å². The van der Waals surface area contributed by atoms with Gasteiger partial charge < -0.3 is 14.6 Å². The normalized spacial score (nSPS) is 16.6. The number of hydrogen-bond acceptors (Lipinski definition) is 4. The average Bonchev–Trinajstić information content (AvgIpc) is 2.60. The number of aliphatic hydroxyl groups is 1. The highest BCUT2D eigenvalue weighted by atomic mass is 16.5. The average molecular weight is 264 g/mol. The van der Waals surface area contributed by atoms with E-state index in [4.69, 9.17) is 9.47 Å². The van der Waals surface area contributed by atoms with E-state index >= 15 is 0 Å². The standard InChI is InChI=1S/C15H20O4/c1-15(2,3)14(17)13(16)10-5-6-11-12(9-10)19-8-4-7-18-11/h5-6,9,14,17H,4,7-8H2,1-3H3. The molecule has 0 amide bonds. The Balaban J connectivity index is 2.27. The zero-order valence-corrected chi connectivity index (χ0v) is 11.6. The Morgan fingerprint density at radius 3 is 2.47 bits per heavy atom. The van der Waals surface area contributed by atoms with Crippen molar-refractivity contribution in [1.29, 1.82) is 0 Å². The fourth-order valence-electron chi connectivity index (χ4n) is 1.87. The number of fused-ring (bicyclic) bond motifs is 1. The van der Waals surface area contributed by atoms with E-state index in [9.17, 15) is 9.90 Å². The van der Waals surface area contributed by atoms with Crippen molar-refractivity contribution in [3.63, 3.8) is 0 Å². The summed E-state index contributed by atoms with van der Waals surface area (Å²) in [5.74, 6) is 0.937. The molecule has 2 rings (SSSR count). The molecule has 104 valence electrons. The Hall–Kier alpha value is -1.55. The third kappa shape index (κ3) is 3.07. The van der Waals surface area contributed by atoms with Gasteiger partial charge in [-0.3, -0.25) is 4.79 Å². The number of Topliss-reactive ketones (excluding diaryl/α,β-unsaturated/α-hetero) is 1. The number of rotatable bonds is 2. The van der Waals surface area contributed by atoms with Gasteiger partial charge in [-0.1, -0.05) is 20.8 Å². The number of hydrogen-bond donors (Lipinski definition) is 1. The van der Waals surface area contributed by atoms with Crippen LogP contribution in [0.15, 0.2) is 18.2 Å². The van der Waals surface area contributed by atoms with Crippen LogP contribution < -0.4 is 9.47 Å². The molecular formula is C15H20O4. The van der Waals surface area contributed by atoms with Crippen molar-refractivity contribution in [2.75, 3.05) is 13.2 Å². The molecule has 1 aromatic rings. The van der Waals surface area contributed by atoms with Crippen molar-refractivity contribution >= 4 is 5.78 Å². The first-order chi connectivity index (χ1) is 8.89. The molecule has 0 aromatic heterocycles. The van der Waals surface area contributed by atoms with Crippen molar-refractivity contribution in [3.05, 3.63) is 23.8 Å². The summed E-state index contributed by atoms with van der Waals surface area (Å²) >= 11 is 0. The van der Waals surface area contributed by atoms with Crippen LogP contribution in [-0.2, 0) is 0 Å². The van der Waals surface area contributed by atoms with Crippen LogP contribution in [0.1, 0.15) is 37.6 Å². The molecule has 4 nitrogen and oxygen atoms in total. The Morgan fingerprint density at radius 2 is 1.84 bits per heavy atom. The number of carbonyl (C=O) groups excluding carboxylic acids is 1. The van der Waals surface area contributed by atoms with E-state index in [0.29, 0.717) is 30.3 Å². The predicted octanol–water partition coefficient (Wildman–Crippen LogP) is 2.44. The van der Waals surface area contributed by atoms with Crippen LogP contribution >= 0.6 is 0 Å². The number of aliphatic hydroxyl groups excluding tert-OH is 1. The van der Waals surface area contributed by atoms with E-state index in [1.165, 1.54) is 0 Å². The van der Waals surface area contributed by atoms with Gasteiger partial charge in [-0.05, 0) is 23.6 Å². The molecule has 1 N–H and O–H groups in total. The van der Waals surface area contributed by atoms with Gasteiger partial charge in [0.1, 0.15) is 6.10 Å². The first-order valence-electron chi connectivity index (χ1n) is 6.51. The van der Waals surface area contributed by atoms with E-state index < -0.39 is 11.5 Å². The summed E-state index contributed by atoms with van der Waals surface area (Å²) in [5.41, 5.74) is -0.0343. The molecule has 0 fully saturated rings. The molecule has 1 aromatic carbocycles. The van der Waals surface area contributed by atoms with E-state index in [1.54, 1.807) is 18.2 Å². The van der Waals surface area contributed by atoms with Crippen LogP contribution in [-0.4, -0.2) is 30.2 Å². The highest BCUT2D eigenvalue weighted by Gasteiger charge is 2.30. The third-order valence-electron chi connectivity index (χ3n) is 3.10. The Labute approximate surface area is 113 Å². The molecule has 0 radical (unpaired) electrons. The fraction of sp³-hybridized carbons (Fsp3) is 0.533. The lowest BCUT2D eigenvalue weighted by molar-refractivity contribution is 0.0442. The van der Waals surface area contributed by atoms with Crippen molar-refractivity contribution in [2.45, 2.75) is 33.3 Å². The Morgan fingerprint density at radius 1 is 1.21 bits per heavy atom. The van der Waals surface area contributed by atoms with Crippen molar-refractivity contribution in [3.8, 4) is 11.5 Å². The monoisotopic (exact) mass is 264 g/mol. The molecule has 0 saturated carbocycles. The second kappa shape index (κ2) is 5.21. The van der Waals surface area contributed by atoms with Gasteiger partial charge in [0.25, 0.3) is 0 Å². The summed E-state index contributed by atoms with van der Waals surface area (Å²) < 4.78 is 11.1. The van der Waals surface area contributed by atoms with Crippen molar-refractivity contribution < 1.29 is 19.4 Å². The number of ketones is 1. The molecule has 4 heteroatoms. The first kappa shape index (κ1) is 13.9. The molecule has 0 bridgehead atoms. The Kier molecular flexibility index (Phi) is 3.80. The molecule has 1 aliphatic rings. The second-order valence-electron chi connectivity index (χ2n) is 5.84. The zero-order chi connectivity index (χ0) is 14.0. The SMILES string of the molecule is CC(C)(C)C(O)C(=O)c1ccc2c(c1)OCCCO2. The largest absolute Gasteiger partial charge is 0.490 e. The zero-order valence-electron chi connectivity index (χ0n) is 11.6. The molecule has 19 heavy (non-hydrogen) atoms. The molecule has 1 aliphatic heterocycles. The van der Waals surface area contributed by atoms with Crippen LogP contribution in [0.25, 0.3) is 0 Å². The minimum absolute atomic E-state index is 0.289. The van der Waals surface area contributed by atoms with Gasteiger partial charge in [-0.25, -0.2) is 0 Å². The predicted molar refractivity (Wildman–Crippen MR) is 71.8 cm³/mol. The second-order valence-corrected chi connectivity index (χ2v) is 5.84. The van der Waals surface area contributed by atoms with E-state index in [0.717, 1.165) is 6.42 Å². The molecular weight excluding hydrogens is 244 g/mol. The van der Waals surface area contributed by atoms with Gasteiger partial charge in [0.05, 0.1) is 13.2 Å². The van der Waals surface area contributed by atoms with E-state index in [-0.39, 0.29) is 5.78 Å². The molecule has 0 aliphatic carbocycles. The highest BCUT2D eigenvalue weighted by molar-refractivity contribution is 6.00. The van der Waals surface area contributed by atoms with Gasteiger partial charge in [0.15, 0.2) is 17.3 Å². The lowest BCUT2D eigenvalue weighted by Crippen LogP contribution is -2.34. The molecule has 1 unspecified atom stereocenters. The molecule has 0 saturated heterocycles. The lowest BCUT2D eigenvalue weighted by Gasteiger charge is -2.24. The van der Waals surface area contributed by atoms with E-state index in [1.807, 2.05) is 20.8 Å². The topological polar surface area (TPSA) is 55.8 Å². The van der Waals surface area contributed by atoms with Crippen LogP contribution in [0.2, 0.25) is 0 Å². The number of benzene rings is 1. The van der Waals surface area contributed by atoms with Crippen LogP contribution in [0.5, 0.6) is 11.5 Å². The van der Waals surface area contributed by atoms with Crippen LogP contribution in [0.3, 0.4) is 0 Å². The summed E-state index contributed by atoms with van der Waals surface area (Å²) in [6, 6.07) is 5.05. The molecule has 1 atom stereocenters. The quantitative estimate of drug-likeness (QED) is 0.834.